The first kappa shape index (κ1) is 19.7. The van der Waals surface area contributed by atoms with E-state index in [1.165, 1.54) is 4.90 Å². The molecule has 0 atom stereocenters. The van der Waals surface area contributed by atoms with E-state index in [2.05, 4.69) is 15.1 Å². The molecule has 0 unspecified atom stereocenters. The number of ether oxygens (including phenoxy) is 1. The molecule has 0 aliphatic carbocycles. The molecule has 9 heteroatoms. The molecule has 9 nitrogen and oxygen atoms in total. The molecule has 0 fully saturated rings. The van der Waals surface area contributed by atoms with Crippen LogP contribution in [-0.4, -0.2) is 51.3 Å². The Labute approximate surface area is 161 Å². The van der Waals surface area contributed by atoms with Crippen molar-refractivity contribution in [2.24, 2.45) is 0 Å². The number of amides is 1. The van der Waals surface area contributed by atoms with Gasteiger partial charge in [-0.05, 0) is 26.0 Å². The van der Waals surface area contributed by atoms with Crippen LogP contribution in [0.3, 0.4) is 0 Å². The van der Waals surface area contributed by atoms with Crippen LogP contribution < -0.4 is 5.43 Å². The first-order valence-electron chi connectivity index (χ1n) is 9.01. The van der Waals surface area contributed by atoms with Gasteiger partial charge in [-0.25, -0.2) is 4.98 Å². The van der Waals surface area contributed by atoms with Gasteiger partial charge in [0.1, 0.15) is 11.2 Å². The second kappa shape index (κ2) is 8.30. The van der Waals surface area contributed by atoms with E-state index >= 15 is 0 Å². The van der Waals surface area contributed by atoms with Crippen LogP contribution in [0.4, 0.5) is 0 Å². The number of hydrogen-bond acceptors (Lipinski definition) is 7. The normalized spacial score (nSPS) is 11.1. The Balaban J connectivity index is 1.88. The van der Waals surface area contributed by atoms with E-state index in [0.717, 1.165) is 5.69 Å². The summed E-state index contributed by atoms with van der Waals surface area (Å²) in [7, 11) is 3.19. The van der Waals surface area contributed by atoms with Gasteiger partial charge in [-0.3, -0.25) is 9.59 Å². The predicted molar refractivity (Wildman–Crippen MR) is 102 cm³/mol. The summed E-state index contributed by atoms with van der Waals surface area (Å²) in [5, 5.41) is 4.28. The van der Waals surface area contributed by atoms with Crippen LogP contribution in [-0.2, 0) is 24.2 Å². The largest absolute Gasteiger partial charge is 0.384 e. The Hall–Kier alpha value is -3.07. The van der Waals surface area contributed by atoms with Crippen LogP contribution in [0.1, 0.15) is 34.7 Å². The lowest BCUT2D eigenvalue weighted by Crippen LogP contribution is -2.31. The zero-order chi connectivity index (χ0) is 20.3. The van der Waals surface area contributed by atoms with Crippen molar-refractivity contribution in [3.63, 3.8) is 0 Å². The van der Waals surface area contributed by atoms with Gasteiger partial charge in [0.05, 0.1) is 18.5 Å². The fourth-order valence-corrected chi connectivity index (χ4v) is 2.88. The number of pyridine rings is 2. The number of methoxy groups -OCH3 is 1. The molecular formula is C19H23N5O4. The third kappa shape index (κ3) is 3.94. The lowest BCUT2D eigenvalue weighted by molar-refractivity contribution is 0.0767. The van der Waals surface area contributed by atoms with Crippen LogP contribution in [0.5, 0.6) is 0 Å². The van der Waals surface area contributed by atoms with Gasteiger partial charge in [-0.15, -0.1) is 0 Å². The highest BCUT2D eigenvalue weighted by atomic mass is 16.5. The van der Waals surface area contributed by atoms with Gasteiger partial charge >= 0.3 is 0 Å². The summed E-state index contributed by atoms with van der Waals surface area (Å²) in [6.45, 7) is 4.97. The molecule has 0 saturated carbocycles. The van der Waals surface area contributed by atoms with Gasteiger partial charge in [-0.1, -0.05) is 5.16 Å². The monoisotopic (exact) mass is 385 g/mol. The molecule has 1 amide bonds. The fourth-order valence-electron chi connectivity index (χ4n) is 2.88. The van der Waals surface area contributed by atoms with Crippen molar-refractivity contribution in [3.8, 4) is 0 Å². The molecule has 3 aromatic heterocycles. The summed E-state index contributed by atoms with van der Waals surface area (Å²) in [4.78, 5) is 35.8. The highest BCUT2D eigenvalue weighted by Crippen LogP contribution is 2.13. The Morgan fingerprint density at radius 2 is 2.11 bits per heavy atom. The maximum atomic E-state index is 12.9. The van der Waals surface area contributed by atoms with Crippen molar-refractivity contribution in [1.29, 1.82) is 0 Å². The first-order chi connectivity index (χ1) is 13.4. The maximum absolute atomic E-state index is 12.9. The number of nitrogens with zero attached hydrogens (tertiary/aromatic N) is 5. The second-order valence-electron chi connectivity index (χ2n) is 6.49. The van der Waals surface area contributed by atoms with Crippen molar-refractivity contribution in [1.82, 2.24) is 24.6 Å². The van der Waals surface area contributed by atoms with Crippen LogP contribution in [0.25, 0.3) is 11.0 Å². The van der Waals surface area contributed by atoms with Crippen molar-refractivity contribution < 1.29 is 14.1 Å². The van der Waals surface area contributed by atoms with E-state index in [0.29, 0.717) is 42.3 Å². The molecule has 0 N–H and O–H groups in total. The number of aryl methyl sites for hydroxylation is 2. The molecular weight excluding hydrogens is 362 g/mol. The average Bonchev–Trinajstić information content (AvgIpc) is 3.13. The van der Waals surface area contributed by atoms with Gasteiger partial charge in [0, 0.05) is 39.0 Å². The molecule has 0 spiro atoms. The van der Waals surface area contributed by atoms with Crippen molar-refractivity contribution in [2.75, 3.05) is 20.8 Å². The molecule has 0 bridgehead atoms. The third-order valence-electron chi connectivity index (χ3n) is 4.39. The minimum atomic E-state index is -0.411. The third-order valence-corrected chi connectivity index (χ3v) is 4.39. The first-order valence-corrected chi connectivity index (χ1v) is 9.01. The molecule has 3 heterocycles. The molecule has 0 aromatic carbocycles. The molecule has 0 aliphatic heterocycles. The smallest absolute Gasteiger partial charge is 0.259 e. The van der Waals surface area contributed by atoms with Crippen LogP contribution in [0.2, 0.25) is 0 Å². The minimum Gasteiger partial charge on any atom is -0.384 e. The Morgan fingerprint density at radius 3 is 2.82 bits per heavy atom. The number of rotatable bonds is 7. The van der Waals surface area contributed by atoms with E-state index in [1.807, 2.05) is 13.8 Å². The van der Waals surface area contributed by atoms with Crippen molar-refractivity contribution in [2.45, 2.75) is 33.4 Å². The summed E-state index contributed by atoms with van der Waals surface area (Å²) in [5.74, 6) is 0.403. The number of carbonyl (C=O) groups is 1. The molecule has 148 valence electrons. The van der Waals surface area contributed by atoms with Gasteiger partial charge in [0.2, 0.25) is 11.3 Å². The van der Waals surface area contributed by atoms with E-state index < -0.39 is 5.91 Å². The highest BCUT2D eigenvalue weighted by molar-refractivity contribution is 5.96. The molecule has 0 radical (unpaired) electrons. The fraction of sp³-hybridized carbons (Fsp3) is 0.421. The zero-order valence-corrected chi connectivity index (χ0v) is 16.4. The van der Waals surface area contributed by atoms with Crippen LogP contribution in [0, 0.1) is 6.92 Å². The average molecular weight is 385 g/mol. The molecule has 0 aliphatic rings. The lowest BCUT2D eigenvalue weighted by atomic mass is 10.1. The number of hydrogen-bond donors (Lipinski definition) is 0. The Kier molecular flexibility index (Phi) is 5.84. The standard InChI is InChI=1S/C19H23N5O4/c1-5-24-10-14(17(25)13-7-6-12(2)20-18(13)24)19(26)23(3)11-16-21-15(22-28-16)8-9-27-4/h6-7,10H,5,8-9,11H2,1-4H3. The Morgan fingerprint density at radius 1 is 1.32 bits per heavy atom. The van der Waals surface area contributed by atoms with Crippen molar-refractivity contribution >= 4 is 16.9 Å². The van der Waals surface area contributed by atoms with E-state index in [1.54, 1.807) is 37.1 Å². The summed E-state index contributed by atoms with van der Waals surface area (Å²) in [5.41, 5.74) is 1.13. The zero-order valence-electron chi connectivity index (χ0n) is 16.4. The van der Waals surface area contributed by atoms with E-state index in [9.17, 15) is 9.59 Å². The van der Waals surface area contributed by atoms with Gasteiger partial charge in [0.15, 0.2) is 5.82 Å². The topological polar surface area (TPSA) is 103 Å². The summed E-state index contributed by atoms with van der Waals surface area (Å²) in [6.07, 6.45) is 2.09. The highest BCUT2D eigenvalue weighted by Gasteiger charge is 2.21. The summed E-state index contributed by atoms with van der Waals surface area (Å²) in [6, 6.07) is 3.48. The van der Waals surface area contributed by atoms with Gasteiger partial charge in [0.25, 0.3) is 5.91 Å². The van der Waals surface area contributed by atoms with Crippen molar-refractivity contribution in [3.05, 3.63) is 51.5 Å². The minimum absolute atomic E-state index is 0.0848. The summed E-state index contributed by atoms with van der Waals surface area (Å²) >= 11 is 0. The molecule has 28 heavy (non-hydrogen) atoms. The molecule has 3 aromatic rings. The van der Waals surface area contributed by atoms with Crippen LogP contribution in [0.15, 0.2) is 27.6 Å². The molecule has 0 saturated heterocycles. The number of fused-ring (bicyclic) bond motifs is 1. The Bertz CT molecular complexity index is 1060. The lowest BCUT2D eigenvalue weighted by Gasteiger charge is -2.16. The predicted octanol–water partition coefficient (Wildman–Crippen LogP) is 1.57. The van der Waals surface area contributed by atoms with E-state index in [-0.39, 0.29) is 17.5 Å². The van der Waals surface area contributed by atoms with Gasteiger partial charge < -0.3 is 18.7 Å². The summed E-state index contributed by atoms with van der Waals surface area (Å²) < 4.78 is 12.0. The number of aromatic nitrogens is 4. The quantitative estimate of drug-likeness (QED) is 0.608. The number of carbonyl (C=O) groups excluding carboxylic acids is 1. The van der Waals surface area contributed by atoms with Gasteiger partial charge in [-0.2, -0.15) is 4.98 Å². The second-order valence-corrected chi connectivity index (χ2v) is 6.49. The maximum Gasteiger partial charge on any atom is 0.259 e. The van der Waals surface area contributed by atoms with E-state index in [4.69, 9.17) is 9.26 Å². The SMILES string of the molecule is CCn1cc(C(=O)N(C)Cc2nc(CCOC)no2)c(=O)c2ccc(C)nc21. The van der Waals surface area contributed by atoms with Crippen LogP contribution >= 0.6 is 0 Å². The molecule has 3 rings (SSSR count).